The Bertz CT molecular complexity index is 139. The minimum absolute atomic E-state index is 0.145. The smallest absolute Gasteiger partial charge is 0.0578 e. The molecule has 0 spiro atoms. The van der Waals surface area contributed by atoms with E-state index in [1.165, 1.54) is 25.7 Å². The molecule has 1 rings (SSSR count). The van der Waals surface area contributed by atoms with Crippen molar-refractivity contribution in [1.82, 2.24) is 0 Å². The fraction of sp³-hybridized carbons (Fsp3) is 1.00. The van der Waals surface area contributed by atoms with Crippen LogP contribution in [0.5, 0.6) is 0 Å². The van der Waals surface area contributed by atoms with E-state index in [0.717, 1.165) is 25.4 Å². The van der Waals surface area contributed by atoms with Crippen LogP contribution < -0.4 is 0 Å². The molecule has 0 aromatic heterocycles. The molecule has 1 aliphatic rings. The molecule has 1 aliphatic heterocycles. The third kappa shape index (κ3) is 4.43. The molecule has 0 bridgehead atoms. The quantitative estimate of drug-likeness (QED) is 0.714. The summed E-state index contributed by atoms with van der Waals surface area (Å²) in [6, 6.07) is 0. The minimum Gasteiger partial charge on any atom is -0.393 e. The van der Waals surface area contributed by atoms with Crippen LogP contribution in [0, 0.1) is 5.92 Å². The first-order valence-corrected chi connectivity index (χ1v) is 6.02. The number of aliphatic hydroxyl groups is 1. The maximum absolute atomic E-state index is 9.23. The first-order chi connectivity index (χ1) is 6.72. The van der Waals surface area contributed by atoms with Gasteiger partial charge in [0.05, 0.1) is 12.2 Å². The predicted molar refractivity (Wildman–Crippen MR) is 58.3 cm³/mol. The molecule has 84 valence electrons. The van der Waals surface area contributed by atoms with Crippen molar-refractivity contribution in [2.24, 2.45) is 5.92 Å². The summed E-state index contributed by atoms with van der Waals surface area (Å²) in [7, 11) is 0. The second-order valence-corrected chi connectivity index (χ2v) is 4.57. The van der Waals surface area contributed by atoms with Crippen molar-refractivity contribution < 1.29 is 9.84 Å². The van der Waals surface area contributed by atoms with Crippen LogP contribution in [-0.4, -0.2) is 23.9 Å². The van der Waals surface area contributed by atoms with Gasteiger partial charge >= 0.3 is 0 Å². The maximum Gasteiger partial charge on any atom is 0.0578 e. The Kier molecular flexibility index (Phi) is 5.49. The second-order valence-electron chi connectivity index (χ2n) is 4.57. The fourth-order valence-electron chi connectivity index (χ4n) is 2.17. The van der Waals surface area contributed by atoms with Crippen LogP contribution in [0.15, 0.2) is 0 Å². The van der Waals surface area contributed by atoms with Gasteiger partial charge in [0, 0.05) is 6.61 Å². The average molecular weight is 200 g/mol. The first kappa shape index (κ1) is 12.0. The molecule has 0 saturated carbocycles. The minimum atomic E-state index is -0.145. The van der Waals surface area contributed by atoms with Crippen LogP contribution in [0.2, 0.25) is 0 Å². The van der Waals surface area contributed by atoms with E-state index >= 15 is 0 Å². The summed E-state index contributed by atoms with van der Waals surface area (Å²) >= 11 is 0. The van der Waals surface area contributed by atoms with E-state index in [2.05, 4.69) is 6.92 Å². The number of rotatable bonds is 6. The normalized spacial score (nSPS) is 26.4. The Morgan fingerprint density at radius 1 is 1.43 bits per heavy atom. The van der Waals surface area contributed by atoms with Crippen molar-refractivity contribution in [2.75, 3.05) is 6.61 Å². The highest BCUT2D eigenvalue weighted by Crippen LogP contribution is 2.25. The molecule has 0 unspecified atom stereocenters. The van der Waals surface area contributed by atoms with E-state index in [4.69, 9.17) is 4.74 Å². The summed E-state index contributed by atoms with van der Waals surface area (Å²) in [6.07, 6.45) is 7.33. The lowest BCUT2D eigenvalue weighted by molar-refractivity contribution is 0.0835. The molecule has 0 amide bonds. The Labute approximate surface area is 87.7 Å². The van der Waals surface area contributed by atoms with Gasteiger partial charge in [-0.1, -0.05) is 13.3 Å². The lowest BCUT2D eigenvalue weighted by atomic mass is 9.92. The van der Waals surface area contributed by atoms with Gasteiger partial charge in [-0.15, -0.1) is 0 Å². The summed E-state index contributed by atoms with van der Waals surface area (Å²) in [4.78, 5) is 0. The molecule has 0 radical (unpaired) electrons. The van der Waals surface area contributed by atoms with Crippen LogP contribution in [-0.2, 0) is 4.74 Å². The van der Waals surface area contributed by atoms with Gasteiger partial charge in [-0.05, 0) is 44.9 Å². The lowest BCUT2D eigenvalue weighted by Crippen LogP contribution is -2.14. The van der Waals surface area contributed by atoms with Crippen LogP contribution >= 0.6 is 0 Å². The summed E-state index contributed by atoms with van der Waals surface area (Å²) in [5.74, 6) is 0.743. The first-order valence-electron chi connectivity index (χ1n) is 6.02. The highest BCUT2D eigenvalue weighted by atomic mass is 16.5. The Morgan fingerprint density at radius 2 is 2.21 bits per heavy atom. The van der Waals surface area contributed by atoms with E-state index in [9.17, 15) is 5.11 Å². The number of aliphatic hydroxyl groups excluding tert-OH is 1. The third-order valence-electron chi connectivity index (χ3n) is 3.19. The molecule has 2 heteroatoms. The molecule has 1 heterocycles. The molecule has 1 saturated heterocycles. The van der Waals surface area contributed by atoms with E-state index < -0.39 is 0 Å². The van der Waals surface area contributed by atoms with E-state index in [1.807, 2.05) is 6.92 Å². The van der Waals surface area contributed by atoms with Crippen molar-refractivity contribution in [2.45, 2.75) is 64.6 Å². The van der Waals surface area contributed by atoms with Crippen molar-refractivity contribution in [1.29, 1.82) is 0 Å². The van der Waals surface area contributed by atoms with Crippen LogP contribution in [0.25, 0.3) is 0 Å². The second kappa shape index (κ2) is 6.41. The van der Waals surface area contributed by atoms with E-state index in [1.54, 1.807) is 0 Å². The van der Waals surface area contributed by atoms with Gasteiger partial charge in [0.1, 0.15) is 0 Å². The van der Waals surface area contributed by atoms with Gasteiger partial charge < -0.3 is 9.84 Å². The van der Waals surface area contributed by atoms with Gasteiger partial charge in [-0.2, -0.15) is 0 Å². The molecular weight excluding hydrogens is 176 g/mol. The molecule has 1 N–H and O–H groups in total. The van der Waals surface area contributed by atoms with Crippen molar-refractivity contribution in [3.8, 4) is 0 Å². The van der Waals surface area contributed by atoms with Gasteiger partial charge in [-0.25, -0.2) is 0 Å². The SMILES string of the molecule is CC[C@@H](CC[C@@H](C)O)C[C@@H]1CCCO1. The topological polar surface area (TPSA) is 29.5 Å². The van der Waals surface area contributed by atoms with Gasteiger partial charge in [0.2, 0.25) is 0 Å². The van der Waals surface area contributed by atoms with E-state index in [0.29, 0.717) is 6.10 Å². The average Bonchev–Trinajstić information content (AvgIpc) is 2.64. The van der Waals surface area contributed by atoms with Crippen molar-refractivity contribution in [3.63, 3.8) is 0 Å². The Hall–Kier alpha value is -0.0800. The zero-order valence-electron chi connectivity index (χ0n) is 9.54. The third-order valence-corrected chi connectivity index (χ3v) is 3.19. The summed E-state index contributed by atoms with van der Waals surface area (Å²) in [5.41, 5.74) is 0. The van der Waals surface area contributed by atoms with Crippen LogP contribution in [0.4, 0.5) is 0 Å². The largest absolute Gasteiger partial charge is 0.393 e. The summed E-state index contributed by atoms with van der Waals surface area (Å²) < 4.78 is 5.63. The van der Waals surface area contributed by atoms with Gasteiger partial charge in [-0.3, -0.25) is 0 Å². The zero-order chi connectivity index (χ0) is 10.4. The van der Waals surface area contributed by atoms with E-state index in [-0.39, 0.29) is 6.10 Å². The molecule has 3 atom stereocenters. The monoisotopic (exact) mass is 200 g/mol. The molecule has 1 fully saturated rings. The number of hydrogen-bond donors (Lipinski definition) is 1. The number of hydrogen-bond acceptors (Lipinski definition) is 2. The molecule has 0 aromatic carbocycles. The zero-order valence-corrected chi connectivity index (χ0v) is 9.54. The molecule has 0 aromatic rings. The maximum atomic E-state index is 9.23. The lowest BCUT2D eigenvalue weighted by Gasteiger charge is -2.19. The summed E-state index contributed by atoms with van der Waals surface area (Å²) in [6.45, 7) is 5.07. The summed E-state index contributed by atoms with van der Waals surface area (Å²) in [5, 5.41) is 9.23. The molecule has 0 aliphatic carbocycles. The van der Waals surface area contributed by atoms with Crippen LogP contribution in [0.1, 0.15) is 52.4 Å². The van der Waals surface area contributed by atoms with Crippen molar-refractivity contribution in [3.05, 3.63) is 0 Å². The van der Waals surface area contributed by atoms with Gasteiger partial charge in [0.15, 0.2) is 0 Å². The number of ether oxygens (including phenoxy) is 1. The fourth-order valence-corrected chi connectivity index (χ4v) is 2.17. The molecule has 14 heavy (non-hydrogen) atoms. The highest BCUT2D eigenvalue weighted by molar-refractivity contribution is 4.70. The van der Waals surface area contributed by atoms with Crippen LogP contribution in [0.3, 0.4) is 0 Å². The highest BCUT2D eigenvalue weighted by Gasteiger charge is 2.19. The molecule has 2 nitrogen and oxygen atoms in total. The predicted octanol–water partition coefficient (Wildman–Crippen LogP) is 2.74. The Morgan fingerprint density at radius 3 is 2.71 bits per heavy atom. The van der Waals surface area contributed by atoms with Gasteiger partial charge in [0.25, 0.3) is 0 Å². The molecular formula is C12H24O2. The Balaban J connectivity index is 2.16. The standard InChI is InChI=1S/C12H24O2/c1-3-11(7-6-10(2)13)9-12-5-4-8-14-12/h10-13H,3-9H2,1-2H3/t10-,11+,12+/m1/s1. The van der Waals surface area contributed by atoms with Crippen molar-refractivity contribution >= 4 is 0 Å².